The molecule has 1 aliphatic heterocycles. The number of amides is 2. The lowest BCUT2D eigenvalue weighted by atomic mass is 10.1. The van der Waals surface area contributed by atoms with E-state index >= 15 is 0 Å². The van der Waals surface area contributed by atoms with Crippen LogP contribution in [0.15, 0.2) is 12.3 Å². The minimum Gasteiger partial charge on any atom is -0.334 e. The molecule has 4 heteroatoms. The number of rotatable bonds is 1. The summed E-state index contributed by atoms with van der Waals surface area (Å²) in [5.74, 6) is 0.382. The summed E-state index contributed by atoms with van der Waals surface area (Å²) < 4.78 is 0. The third-order valence-corrected chi connectivity index (χ3v) is 2.29. The second kappa shape index (κ2) is 3.29. The lowest BCUT2D eigenvalue weighted by Gasteiger charge is -2.19. The lowest BCUT2D eigenvalue weighted by Crippen LogP contribution is -2.33. The molecule has 2 amide bonds. The first-order valence-electron chi connectivity index (χ1n) is 4.70. The van der Waals surface area contributed by atoms with E-state index in [0.717, 1.165) is 16.9 Å². The van der Waals surface area contributed by atoms with Gasteiger partial charge in [0.1, 0.15) is 0 Å². The second-order valence-electron chi connectivity index (χ2n) is 3.73. The number of aromatic nitrogens is 1. The second-order valence-corrected chi connectivity index (χ2v) is 3.73. The zero-order valence-electron chi connectivity index (χ0n) is 8.29. The van der Waals surface area contributed by atoms with Crippen molar-refractivity contribution in [1.29, 1.82) is 0 Å². The van der Waals surface area contributed by atoms with E-state index < -0.39 is 0 Å². The molecule has 1 aliphatic rings. The van der Waals surface area contributed by atoms with E-state index in [4.69, 9.17) is 0 Å². The summed E-state index contributed by atoms with van der Waals surface area (Å²) in [4.78, 5) is 15.4. The van der Waals surface area contributed by atoms with Crippen molar-refractivity contribution < 1.29 is 4.79 Å². The maximum atomic E-state index is 11.1. The van der Waals surface area contributed by atoms with Gasteiger partial charge in [-0.2, -0.15) is 0 Å². The number of anilines is 1. The topological polar surface area (TPSA) is 54.0 Å². The van der Waals surface area contributed by atoms with Crippen LogP contribution in [0, 0.1) is 0 Å². The van der Waals surface area contributed by atoms with Gasteiger partial charge >= 0.3 is 6.03 Å². The third kappa shape index (κ3) is 1.55. The maximum absolute atomic E-state index is 11.1. The molecule has 2 N–H and O–H groups in total. The molecule has 1 aromatic rings. The Balaban J connectivity index is 2.37. The smallest absolute Gasteiger partial charge is 0.319 e. The highest BCUT2D eigenvalue weighted by atomic mass is 16.2. The molecule has 0 aromatic carbocycles. The van der Waals surface area contributed by atoms with Gasteiger partial charge in [0.05, 0.1) is 5.69 Å². The van der Waals surface area contributed by atoms with Gasteiger partial charge in [-0.15, -0.1) is 0 Å². The van der Waals surface area contributed by atoms with Crippen LogP contribution in [0.1, 0.15) is 31.0 Å². The summed E-state index contributed by atoms with van der Waals surface area (Å²) >= 11 is 0. The van der Waals surface area contributed by atoms with Crippen LogP contribution < -0.4 is 10.6 Å². The van der Waals surface area contributed by atoms with Crippen LogP contribution >= 0.6 is 0 Å². The molecular formula is C10H13N3O. The average molecular weight is 191 g/mol. The third-order valence-electron chi connectivity index (χ3n) is 2.29. The summed E-state index contributed by atoms with van der Waals surface area (Å²) in [5.41, 5.74) is 2.92. The highest BCUT2D eigenvalue weighted by Gasteiger charge is 2.15. The van der Waals surface area contributed by atoms with Crippen molar-refractivity contribution in [2.75, 3.05) is 5.32 Å². The van der Waals surface area contributed by atoms with Gasteiger partial charge in [0.25, 0.3) is 0 Å². The fourth-order valence-corrected chi connectivity index (χ4v) is 1.41. The van der Waals surface area contributed by atoms with Crippen LogP contribution in [-0.4, -0.2) is 11.0 Å². The summed E-state index contributed by atoms with van der Waals surface area (Å²) in [6, 6.07) is 1.80. The van der Waals surface area contributed by atoms with Crippen LogP contribution in [0.5, 0.6) is 0 Å². The molecule has 1 aromatic heterocycles. The van der Waals surface area contributed by atoms with E-state index in [1.165, 1.54) is 0 Å². The molecule has 0 fully saturated rings. The van der Waals surface area contributed by atoms with Gasteiger partial charge in [-0.3, -0.25) is 4.98 Å². The number of fused-ring (bicyclic) bond motifs is 1. The molecule has 2 heterocycles. The minimum absolute atomic E-state index is 0.140. The predicted octanol–water partition coefficient (Wildman–Crippen LogP) is 1.84. The van der Waals surface area contributed by atoms with Crippen molar-refractivity contribution in [2.45, 2.75) is 26.3 Å². The fourth-order valence-electron chi connectivity index (χ4n) is 1.41. The first-order chi connectivity index (χ1) is 6.66. The highest BCUT2D eigenvalue weighted by Crippen LogP contribution is 2.22. The van der Waals surface area contributed by atoms with Crippen LogP contribution in [-0.2, 0) is 6.54 Å². The zero-order chi connectivity index (χ0) is 10.1. The number of hydrogen-bond acceptors (Lipinski definition) is 2. The van der Waals surface area contributed by atoms with Gasteiger partial charge < -0.3 is 10.6 Å². The summed E-state index contributed by atoms with van der Waals surface area (Å²) in [6.45, 7) is 4.72. The monoisotopic (exact) mass is 191 g/mol. The Morgan fingerprint density at radius 3 is 3.00 bits per heavy atom. The molecule has 0 radical (unpaired) electrons. The molecular weight excluding hydrogens is 178 g/mol. The van der Waals surface area contributed by atoms with Gasteiger partial charge in [-0.1, -0.05) is 13.8 Å². The molecule has 74 valence electrons. The largest absolute Gasteiger partial charge is 0.334 e. The molecule has 0 atom stereocenters. The minimum atomic E-state index is -0.140. The number of carbonyl (C=O) groups is 1. The van der Waals surface area contributed by atoms with E-state index in [0.29, 0.717) is 12.5 Å². The van der Waals surface area contributed by atoms with E-state index in [9.17, 15) is 4.79 Å². The van der Waals surface area contributed by atoms with E-state index in [-0.39, 0.29) is 6.03 Å². The Morgan fingerprint density at radius 2 is 2.29 bits per heavy atom. The van der Waals surface area contributed by atoms with Gasteiger partial charge in [-0.25, -0.2) is 4.79 Å². The summed E-state index contributed by atoms with van der Waals surface area (Å²) in [7, 11) is 0. The van der Waals surface area contributed by atoms with Crippen LogP contribution in [0.25, 0.3) is 0 Å². The molecule has 0 saturated heterocycles. The van der Waals surface area contributed by atoms with Crippen LogP contribution in [0.3, 0.4) is 0 Å². The van der Waals surface area contributed by atoms with Crippen molar-refractivity contribution in [3.05, 3.63) is 23.5 Å². The Kier molecular flexibility index (Phi) is 2.11. The van der Waals surface area contributed by atoms with Crippen LogP contribution in [0.2, 0.25) is 0 Å². The molecule has 14 heavy (non-hydrogen) atoms. The van der Waals surface area contributed by atoms with Gasteiger partial charge in [0.2, 0.25) is 0 Å². The molecule has 0 unspecified atom stereocenters. The molecule has 0 saturated carbocycles. The maximum Gasteiger partial charge on any atom is 0.319 e. The molecule has 2 rings (SSSR count). The number of pyridine rings is 1. The predicted molar refractivity (Wildman–Crippen MR) is 54.2 cm³/mol. The van der Waals surface area contributed by atoms with Crippen LogP contribution in [0.4, 0.5) is 10.5 Å². The van der Waals surface area contributed by atoms with Crippen molar-refractivity contribution in [1.82, 2.24) is 10.3 Å². The Labute approximate surface area is 82.7 Å². The quantitative estimate of drug-likeness (QED) is 0.711. The normalized spacial score (nSPS) is 14.6. The average Bonchev–Trinajstić information content (AvgIpc) is 2.16. The highest BCUT2D eigenvalue weighted by molar-refractivity contribution is 5.92. The Hall–Kier alpha value is -1.58. The lowest BCUT2D eigenvalue weighted by molar-refractivity contribution is 0.251. The van der Waals surface area contributed by atoms with E-state index in [1.54, 1.807) is 0 Å². The molecule has 0 aliphatic carbocycles. The summed E-state index contributed by atoms with van der Waals surface area (Å²) in [6.07, 6.45) is 1.82. The van der Waals surface area contributed by atoms with Crippen molar-refractivity contribution in [3.8, 4) is 0 Å². The zero-order valence-corrected chi connectivity index (χ0v) is 8.29. The fraction of sp³-hybridized carbons (Fsp3) is 0.400. The standard InChI is InChI=1S/C10H13N3O/c1-6(2)8-3-9-7(4-11-8)5-12-10(14)13-9/h3-4,6H,5H2,1-2H3,(H2,12,13,14). The van der Waals surface area contributed by atoms with E-state index in [2.05, 4.69) is 29.5 Å². The first kappa shape index (κ1) is 8.99. The number of nitrogens with zero attached hydrogens (tertiary/aromatic N) is 1. The Morgan fingerprint density at radius 1 is 1.50 bits per heavy atom. The number of urea groups is 1. The number of carbonyl (C=O) groups excluding carboxylic acids is 1. The first-order valence-corrected chi connectivity index (χ1v) is 4.70. The molecule has 4 nitrogen and oxygen atoms in total. The van der Waals surface area contributed by atoms with E-state index in [1.807, 2.05) is 12.3 Å². The molecule has 0 bridgehead atoms. The molecule has 0 spiro atoms. The van der Waals surface area contributed by atoms with Gasteiger partial charge in [0.15, 0.2) is 0 Å². The van der Waals surface area contributed by atoms with Gasteiger partial charge in [0, 0.05) is 24.0 Å². The number of hydrogen-bond donors (Lipinski definition) is 2. The Bertz CT molecular complexity index is 374. The van der Waals surface area contributed by atoms with Crippen molar-refractivity contribution >= 4 is 11.7 Å². The van der Waals surface area contributed by atoms with Crippen molar-refractivity contribution in [2.24, 2.45) is 0 Å². The van der Waals surface area contributed by atoms with Gasteiger partial charge in [-0.05, 0) is 12.0 Å². The SMILES string of the molecule is CC(C)c1cc2c(cn1)CNC(=O)N2. The summed E-state index contributed by atoms with van der Waals surface area (Å²) in [5, 5.41) is 5.46. The van der Waals surface area contributed by atoms with Crippen molar-refractivity contribution in [3.63, 3.8) is 0 Å². The number of nitrogens with one attached hydrogen (secondary N) is 2.